The average Bonchev–Trinajstić information content (AvgIpc) is 2.80. The molecule has 7 heteroatoms. The number of aromatic nitrogens is 1. The molecule has 1 aromatic heterocycles. The lowest BCUT2D eigenvalue weighted by Gasteiger charge is -2.16. The lowest BCUT2D eigenvalue weighted by atomic mass is 10.3. The minimum atomic E-state index is -0.189. The van der Waals surface area contributed by atoms with E-state index in [-0.39, 0.29) is 17.8 Å². The topological polar surface area (TPSA) is 80.5 Å². The lowest BCUT2D eigenvalue weighted by molar-refractivity contribution is 0.0876. The van der Waals surface area contributed by atoms with Gasteiger partial charge in [0, 0.05) is 25.7 Å². The first kappa shape index (κ1) is 16.7. The second-order valence-electron chi connectivity index (χ2n) is 4.42. The molecule has 1 rings (SSSR count). The maximum atomic E-state index is 12.2. The van der Waals surface area contributed by atoms with Crippen LogP contribution in [0.5, 0.6) is 0 Å². The Morgan fingerprint density at radius 2 is 2.10 bits per heavy atom. The summed E-state index contributed by atoms with van der Waals surface area (Å²) in [6, 6.07) is -0.0548. The molecule has 0 radical (unpaired) electrons. The van der Waals surface area contributed by atoms with Crippen molar-refractivity contribution in [2.75, 3.05) is 36.9 Å². The molecule has 1 heterocycles. The van der Waals surface area contributed by atoms with Crippen LogP contribution in [-0.2, 0) is 4.74 Å². The molecular formula is C13H24N4O2S. The monoisotopic (exact) mass is 300 g/mol. The predicted molar refractivity (Wildman–Crippen MR) is 83.5 cm³/mol. The molecule has 1 amide bonds. The summed E-state index contributed by atoms with van der Waals surface area (Å²) in [7, 11) is 0. The van der Waals surface area contributed by atoms with E-state index in [4.69, 9.17) is 10.5 Å². The Hall–Kier alpha value is -1.34. The molecule has 0 aliphatic heterocycles. The number of nitrogens with two attached hydrogens (primary N) is 1. The molecule has 114 valence electrons. The molecule has 6 nitrogen and oxygen atoms in total. The van der Waals surface area contributed by atoms with Gasteiger partial charge in [0.2, 0.25) is 0 Å². The number of thiazole rings is 1. The zero-order valence-electron chi connectivity index (χ0n) is 12.6. The highest BCUT2D eigenvalue weighted by Gasteiger charge is 2.19. The maximum Gasteiger partial charge on any atom is 0.265 e. The minimum Gasteiger partial charge on any atom is -0.382 e. The molecule has 0 aromatic carbocycles. The largest absolute Gasteiger partial charge is 0.382 e. The van der Waals surface area contributed by atoms with Gasteiger partial charge in [-0.25, -0.2) is 4.98 Å². The normalized spacial score (nSPS) is 12.2. The smallest absolute Gasteiger partial charge is 0.265 e. The van der Waals surface area contributed by atoms with Gasteiger partial charge in [0.25, 0.3) is 5.91 Å². The van der Waals surface area contributed by atoms with Crippen LogP contribution < -0.4 is 16.0 Å². The van der Waals surface area contributed by atoms with E-state index in [0.717, 1.165) is 18.2 Å². The van der Waals surface area contributed by atoms with Gasteiger partial charge in [-0.2, -0.15) is 0 Å². The van der Waals surface area contributed by atoms with E-state index < -0.39 is 0 Å². The van der Waals surface area contributed by atoms with Gasteiger partial charge in [0.05, 0.1) is 6.61 Å². The van der Waals surface area contributed by atoms with Gasteiger partial charge in [-0.3, -0.25) is 4.79 Å². The molecule has 0 bridgehead atoms. The molecule has 0 aliphatic carbocycles. The molecule has 0 saturated heterocycles. The fraction of sp³-hybridized carbons (Fsp3) is 0.692. The summed E-state index contributed by atoms with van der Waals surface area (Å²) in [5.74, 6) is 0.101. The van der Waals surface area contributed by atoms with Gasteiger partial charge in [0.15, 0.2) is 5.13 Å². The number of hydrogen-bond acceptors (Lipinski definition) is 6. The predicted octanol–water partition coefficient (Wildman–Crippen LogP) is 1.73. The summed E-state index contributed by atoms with van der Waals surface area (Å²) in [6.07, 6.45) is 0. The summed E-state index contributed by atoms with van der Waals surface area (Å²) in [5, 5.41) is 3.66. The van der Waals surface area contributed by atoms with Crippen LogP contribution in [0.25, 0.3) is 0 Å². The van der Waals surface area contributed by atoms with Gasteiger partial charge in [0.1, 0.15) is 10.7 Å². The number of nitrogens with zero attached hydrogens (tertiary/aromatic N) is 2. The zero-order valence-corrected chi connectivity index (χ0v) is 13.4. The van der Waals surface area contributed by atoms with Crippen molar-refractivity contribution in [3.63, 3.8) is 0 Å². The van der Waals surface area contributed by atoms with Gasteiger partial charge < -0.3 is 20.7 Å². The second kappa shape index (κ2) is 8.06. The Bertz CT molecular complexity index is 432. The highest BCUT2D eigenvalue weighted by Crippen LogP contribution is 2.27. The summed E-state index contributed by atoms with van der Waals surface area (Å²) in [6.45, 7) is 10.7. The molecule has 20 heavy (non-hydrogen) atoms. The summed E-state index contributed by atoms with van der Waals surface area (Å²) >= 11 is 1.33. The van der Waals surface area contributed by atoms with Crippen molar-refractivity contribution in [2.24, 2.45) is 0 Å². The Balaban J connectivity index is 2.73. The van der Waals surface area contributed by atoms with Crippen LogP contribution in [0.2, 0.25) is 0 Å². The minimum absolute atomic E-state index is 0.0548. The van der Waals surface area contributed by atoms with E-state index >= 15 is 0 Å². The molecule has 1 unspecified atom stereocenters. The third kappa shape index (κ3) is 4.35. The number of anilines is 2. The van der Waals surface area contributed by atoms with Crippen molar-refractivity contribution >= 4 is 28.2 Å². The average molecular weight is 300 g/mol. The van der Waals surface area contributed by atoms with Gasteiger partial charge in [-0.1, -0.05) is 11.3 Å². The lowest BCUT2D eigenvalue weighted by Crippen LogP contribution is -2.35. The molecule has 1 aromatic rings. The number of hydrogen-bond donors (Lipinski definition) is 2. The number of nitrogens with one attached hydrogen (secondary N) is 1. The number of nitrogen functional groups attached to an aromatic ring is 1. The first-order valence-electron chi connectivity index (χ1n) is 6.93. The summed E-state index contributed by atoms with van der Waals surface area (Å²) in [5.41, 5.74) is 5.85. The highest BCUT2D eigenvalue weighted by molar-refractivity contribution is 7.18. The SMILES string of the molecule is CCOCC(C)NC(=O)c1sc(N(CC)CC)nc1N. The van der Waals surface area contributed by atoms with Gasteiger partial charge in [-0.05, 0) is 27.7 Å². The van der Waals surface area contributed by atoms with E-state index in [9.17, 15) is 4.79 Å². The van der Waals surface area contributed by atoms with Crippen LogP contribution in [0.1, 0.15) is 37.4 Å². The Morgan fingerprint density at radius 1 is 1.45 bits per heavy atom. The van der Waals surface area contributed by atoms with Crippen LogP contribution >= 0.6 is 11.3 Å². The summed E-state index contributed by atoms with van der Waals surface area (Å²) < 4.78 is 5.27. The third-order valence-electron chi connectivity index (χ3n) is 2.83. The van der Waals surface area contributed by atoms with Crippen LogP contribution in [0.4, 0.5) is 10.9 Å². The Kier molecular flexibility index (Phi) is 6.74. The van der Waals surface area contributed by atoms with Crippen molar-refractivity contribution in [2.45, 2.75) is 33.7 Å². The molecule has 0 saturated carbocycles. The van der Waals surface area contributed by atoms with Crippen LogP contribution in [0.15, 0.2) is 0 Å². The van der Waals surface area contributed by atoms with E-state index in [1.165, 1.54) is 11.3 Å². The molecule has 0 aliphatic rings. The molecule has 0 fully saturated rings. The summed E-state index contributed by atoms with van der Waals surface area (Å²) in [4.78, 5) is 19.0. The number of carbonyl (C=O) groups is 1. The van der Waals surface area contributed by atoms with E-state index in [2.05, 4.69) is 15.2 Å². The van der Waals surface area contributed by atoms with E-state index in [1.54, 1.807) is 0 Å². The zero-order chi connectivity index (χ0) is 15.1. The fourth-order valence-corrected chi connectivity index (χ4v) is 2.75. The van der Waals surface area contributed by atoms with Crippen molar-refractivity contribution in [3.05, 3.63) is 4.88 Å². The maximum absolute atomic E-state index is 12.2. The standard InChI is InChI=1S/C13H24N4O2S/c1-5-17(6-2)13-16-11(14)10(20-13)12(18)15-9(4)8-19-7-3/h9H,5-8,14H2,1-4H3,(H,15,18). The molecule has 3 N–H and O–H groups in total. The number of rotatable bonds is 8. The number of ether oxygens (including phenoxy) is 1. The van der Waals surface area contributed by atoms with Crippen LogP contribution in [0, 0.1) is 0 Å². The second-order valence-corrected chi connectivity index (χ2v) is 5.39. The van der Waals surface area contributed by atoms with Crippen molar-refractivity contribution < 1.29 is 9.53 Å². The fourth-order valence-electron chi connectivity index (χ4n) is 1.74. The quantitative estimate of drug-likeness (QED) is 0.764. The third-order valence-corrected chi connectivity index (χ3v) is 3.96. The van der Waals surface area contributed by atoms with Gasteiger partial charge >= 0.3 is 0 Å². The van der Waals surface area contributed by atoms with E-state index in [1.807, 2.05) is 27.7 Å². The molecule has 0 spiro atoms. The molecule has 1 atom stereocenters. The molecular weight excluding hydrogens is 276 g/mol. The van der Waals surface area contributed by atoms with Crippen LogP contribution in [0.3, 0.4) is 0 Å². The highest BCUT2D eigenvalue weighted by atomic mass is 32.1. The van der Waals surface area contributed by atoms with Crippen molar-refractivity contribution in [1.82, 2.24) is 10.3 Å². The van der Waals surface area contributed by atoms with Crippen molar-refractivity contribution in [3.8, 4) is 0 Å². The number of amides is 1. The Labute approximate surface area is 124 Å². The van der Waals surface area contributed by atoms with Gasteiger partial charge in [-0.15, -0.1) is 0 Å². The first-order chi connectivity index (χ1) is 9.53. The Morgan fingerprint density at radius 3 is 2.65 bits per heavy atom. The van der Waals surface area contributed by atoms with E-state index in [0.29, 0.717) is 18.1 Å². The number of carbonyl (C=O) groups excluding carboxylic acids is 1. The van der Waals surface area contributed by atoms with Crippen molar-refractivity contribution in [1.29, 1.82) is 0 Å². The first-order valence-corrected chi connectivity index (χ1v) is 7.74. The van der Waals surface area contributed by atoms with Crippen LogP contribution in [-0.4, -0.2) is 43.2 Å².